The molecule has 7 nitrogen and oxygen atoms in total. The molecular weight excluding hydrogens is 442 g/mol. The molecule has 5 aliphatic rings. The van der Waals surface area contributed by atoms with Gasteiger partial charge in [0.1, 0.15) is 6.17 Å². The van der Waals surface area contributed by atoms with E-state index < -0.39 is 11.8 Å². The van der Waals surface area contributed by atoms with Gasteiger partial charge in [0.15, 0.2) is 17.1 Å². The molecule has 4 N–H and O–H groups in total. The first-order valence-electron chi connectivity index (χ1n) is 13.0. The number of hydrogen-bond acceptors (Lipinski definition) is 6. The van der Waals surface area contributed by atoms with Crippen LogP contribution < -0.4 is 20.5 Å². The summed E-state index contributed by atoms with van der Waals surface area (Å²) in [5, 5.41) is 15.7. The van der Waals surface area contributed by atoms with Crippen molar-refractivity contribution in [2.75, 3.05) is 19.9 Å². The third kappa shape index (κ3) is 3.11. The van der Waals surface area contributed by atoms with Crippen LogP contribution in [0.2, 0.25) is 0 Å². The minimum absolute atomic E-state index is 0.0594. The van der Waals surface area contributed by atoms with Crippen LogP contribution in [0.25, 0.3) is 0 Å². The first-order valence-corrected chi connectivity index (χ1v) is 13.0. The SMILES string of the molecule is NC1c2ccc(CCc3ccc4c(c3)OCO4)cc2C(O)(C2CCCC2)C(=O)N1C12CNC[C@@H]1C2. The van der Waals surface area contributed by atoms with Gasteiger partial charge in [-0.2, -0.15) is 0 Å². The Balaban J connectivity index is 1.23. The highest BCUT2D eigenvalue weighted by Gasteiger charge is 2.67. The number of fused-ring (bicyclic) bond motifs is 3. The van der Waals surface area contributed by atoms with Crippen LogP contribution in [-0.4, -0.2) is 41.3 Å². The Bertz CT molecular complexity index is 1190. The molecule has 3 unspecified atom stereocenters. The Kier molecular flexibility index (Phi) is 4.76. The number of amides is 1. The van der Waals surface area contributed by atoms with E-state index in [4.69, 9.17) is 15.2 Å². The van der Waals surface area contributed by atoms with Crippen LogP contribution in [0.1, 0.15) is 60.5 Å². The molecule has 2 aliphatic carbocycles. The van der Waals surface area contributed by atoms with E-state index in [0.29, 0.717) is 5.92 Å². The maximum absolute atomic E-state index is 14.2. The van der Waals surface area contributed by atoms with Crippen LogP contribution in [0.5, 0.6) is 11.5 Å². The zero-order valence-corrected chi connectivity index (χ0v) is 20.0. The van der Waals surface area contributed by atoms with E-state index in [9.17, 15) is 9.90 Å². The quantitative estimate of drug-likeness (QED) is 0.615. The average molecular weight is 476 g/mol. The van der Waals surface area contributed by atoms with Crippen molar-refractivity contribution in [3.63, 3.8) is 0 Å². The van der Waals surface area contributed by atoms with Crippen LogP contribution in [0, 0.1) is 11.8 Å². The molecule has 184 valence electrons. The lowest BCUT2D eigenvalue weighted by Gasteiger charge is -2.49. The van der Waals surface area contributed by atoms with Gasteiger partial charge in [-0.15, -0.1) is 0 Å². The van der Waals surface area contributed by atoms with Gasteiger partial charge >= 0.3 is 0 Å². The number of hydrogen-bond donors (Lipinski definition) is 3. The summed E-state index contributed by atoms with van der Waals surface area (Å²) in [6, 6.07) is 12.3. The minimum Gasteiger partial charge on any atom is -0.454 e. The lowest BCUT2D eigenvalue weighted by Crippen LogP contribution is -2.62. The molecule has 35 heavy (non-hydrogen) atoms. The van der Waals surface area contributed by atoms with Crippen LogP contribution in [0.4, 0.5) is 0 Å². The van der Waals surface area contributed by atoms with E-state index in [1.54, 1.807) is 0 Å². The van der Waals surface area contributed by atoms with Crippen molar-refractivity contribution in [3.05, 3.63) is 58.7 Å². The number of carbonyl (C=O) groups excluding carboxylic acids is 1. The van der Waals surface area contributed by atoms with Gasteiger partial charge < -0.3 is 30.5 Å². The van der Waals surface area contributed by atoms with E-state index in [-0.39, 0.29) is 24.2 Å². The third-order valence-corrected chi connectivity index (χ3v) is 9.26. The van der Waals surface area contributed by atoms with Gasteiger partial charge in [0.25, 0.3) is 5.91 Å². The Labute approximate surface area is 205 Å². The standard InChI is InChI=1S/C28H33N3O4/c29-25-21-9-7-17(5-6-18-8-10-23-24(12-18)35-16-34-23)11-22(21)28(33,19-3-1-2-4-19)26(32)31(25)27-13-20(27)14-30-15-27/h7-12,19-20,25,30,33H,1-6,13-16,29H2/t20-,25?,27?,28?/m0/s1. The molecule has 3 aliphatic heterocycles. The topological polar surface area (TPSA) is 97.0 Å². The second-order valence-electron chi connectivity index (χ2n) is 11.1. The number of carbonyl (C=O) groups is 1. The lowest BCUT2D eigenvalue weighted by molar-refractivity contribution is -0.169. The minimum atomic E-state index is -1.50. The van der Waals surface area contributed by atoms with E-state index in [2.05, 4.69) is 29.6 Å². The van der Waals surface area contributed by atoms with Crippen LogP contribution in [-0.2, 0) is 23.2 Å². The van der Waals surface area contributed by atoms with Gasteiger partial charge in [0.05, 0.1) is 5.54 Å². The molecule has 0 bridgehead atoms. The average Bonchev–Trinajstić information content (AvgIpc) is 3.36. The molecule has 3 fully saturated rings. The van der Waals surface area contributed by atoms with Crippen molar-refractivity contribution >= 4 is 5.91 Å². The van der Waals surface area contributed by atoms with Crippen molar-refractivity contribution in [2.45, 2.75) is 62.3 Å². The summed E-state index contributed by atoms with van der Waals surface area (Å²) in [6.45, 7) is 1.96. The summed E-state index contributed by atoms with van der Waals surface area (Å²) in [6.07, 6.45) is 5.95. The van der Waals surface area contributed by atoms with E-state index in [1.165, 1.54) is 5.56 Å². The molecule has 4 atom stereocenters. The van der Waals surface area contributed by atoms with E-state index >= 15 is 0 Å². The normalized spacial score (nSPS) is 33.2. The van der Waals surface area contributed by atoms with Gasteiger partial charge in [-0.3, -0.25) is 4.79 Å². The zero-order chi connectivity index (χ0) is 23.8. The number of aryl methyl sites for hydroxylation is 2. The number of nitrogens with zero attached hydrogens (tertiary/aromatic N) is 1. The fourth-order valence-electron chi connectivity index (χ4n) is 7.20. The smallest absolute Gasteiger partial charge is 0.261 e. The first-order chi connectivity index (χ1) is 17.0. The molecule has 7 heteroatoms. The Morgan fingerprint density at radius 2 is 1.77 bits per heavy atom. The highest BCUT2D eigenvalue weighted by Crippen LogP contribution is 2.58. The molecule has 2 aromatic carbocycles. The summed E-state index contributed by atoms with van der Waals surface area (Å²) in [5.41, 5.74) is 8.98. The Morgan fingerprint density at radius 1 is 1.03 bits per heavy atom. The van der Waals surface area contributed by atoms with Crippen molar-refractivity contribution in [1.82, 2.24) is 10.2 Å². The number of rotatable bonds is 5. The van der Waals surface area contributed by atoms with E-state index in [1.807, 2.05) is 17.0 Å². The Hall–Kier alpha value is -2.61. The zero-order valence-electron chi connectivity index (χ0n) is 20.0. The predicted molar refractivity (Wildman–Crippen MR) is 130 cm³/mol. The number of piperidine rings is 1. The summed E-state index contributed by atoms with van der Waals surface area (Å²) in [7, 11) is 0. The maximum Gasteiger partial charge on any atom is 0.261 e. The largest absolute Gasteiger partial charge is 0.454 e. The van der Waals surface area contributed by atoms with Crippen molar-refractivity contribution in [1.29, 1.82) is 0 Å². The maximum atomic E-state index is 14.2. The monoisotopic (exact) mass is 475 g/mol. The predicted octanol–water partition coefficient (Wildman–Crippen LogP) is 2.74. The van der Waals surface area contributed by atoms with E-state index in [0.717, 1.165) is 86.2 Å². The second kappa shape index (κ2) is 7.69. The number of nitrogens with two attached hydrogens (primary N) is 1. The molecule has 2 aromatic rings. The first kappa shape index (κ1) is 21.7. The van der Waals surface area contributed by atoms with Gasteiger partial charge in [-0.1, -0.05) is 37.1 Å². The van der Waals surface area contributed by atoms with Gasteiger partial charge in [0, 0.05) is 24.6 Å². The summed E-state index contributed by atoms with van der Waals surface area (Å²) < 4.78 is 10.9. The second-order valence-corrected chi connectivity index (χ2v) is 11.1. The molecule has 0 aromatic heterocycles. The fraction of sp³-hybridized carbons (Fsp3) is 0.536. The van der Waals surface area contributed by atoms with Gasteiger partial charge in [-0.25, -0.2) is 0 Å². The van der Waals surface area contributed by atoms with Crippen LogP contribution >= 0.6 is 0 Å². The number of nitrogens with one attached hydrogen (secondary N) is 1. The summed E-state index contributed by atoms with van der Waals surface area (Å²) in [4.78, 5) is 16.0. The molecule has 0 radical (unpaired) electrons. The highest BCUT2D eigenvalue weighted by molar-refractivity contribution is 5.91. The molecule has 2 saturated carbocycles. The third-order valence-electron chi connectivity index (χ3n) is 9.26. The van der Waals surface area contributed by atoms with Crippen LogP contribution in [0.3, 0.4) is 0 Å². The van der Waals surface area contributed by atoms with Crippen molar-refractivity contribution < 1.29 is 19.4 Å². The lowest BCUT2D eigenvalue weighted by atomic mass is 9.73. The Morgan fingerprint density at radius 3 is 2.51 bits per heavy atom. The number of benzene rings is 2. The van der Waals surface area contributed by atoms with Crippen molar-refractivity contribution in [2.24, 2.45) is 17.6 Å². The fourth-order valence-corrected chi connectivity index (χ4v) is 7.20. The summed E-state index contributed by atoms with van der Waals surface area (Å²) >= 11 is 0. The molecular formula is C28H33N3O4. The van der Waals surface area contributed by atoms with Gasteiger partial charge in [-0.05, 0) is 66.8 Å². The molecule has 7 rings (SSSR count). The highest BCUT2D eigenvalue weighted by atomic mass is 16.7. The van der Waals surface area contributed by atoms with Crippen LogP contribution in [0.15, 0.2) is 36.4 Å². The molecule has 1 amide bonds. The molecule has 0 spiro atoms. The number of ether oxygens (including phenoxy) is 2. The summed E-state index contributed by atoms with van der Waals surface area (Å²) in [5.74, 6) is 1.78. The molecule has 3 heterocycles. The van der Waals surface area contributed by atoms with Crippen molar-refractivity contribution in [3.8, 4) is 11.5 Å². The molecule has 1 saturated heterocycles. The number of aliphatic hydroxyl groups is 1. The van der Waals surface area contributed by atoms with Gasteiger partial charge in [0.2, 0.25) is 6.79 Å².